The van der Waals surface area contributed by atoms with Gasteiger partial charge in [0.1, 0.15) is 5.01 Å². The number of rotatable bonds is 4. The van der Waals surface area contributed by atoms with Gasteiger partial charge in [0, 0.05) is 17.5 Å². The smallest absolute Gasteiger partial charge is 0.107 e. The average Bonchev–Trinajstić information content (AvgIpc) is 2.85. The first-order valence-corrected chi connectivity index (χ1v) is 6.49. The highest BCUT2D eigenvalue weighted by Gasteiger charge is 2.42. The van der Waals surface area contributed by atoms with Gasteiger partial charge in [-0.2, -0.15) is 0 Å². The first-order valence-electron chi connectivity index (χ1n) is 5.67. The fourth-order valence-corrected chi connectivity index (χ4v) is 2.62. The van der Waals surface area contributed by atoms with Gasteiger partial charge in [-0.15, -0.1) is 11.3 Å². The third kappa shape index (κ3) is 2.40. The van der Waals surface area contributed by atoms with Gasteiger partial charge in [-0.25, -0.2) is 4.98 Å². The van der Waals surface area contributed by atoms with Crippen LogP contribution in [0.15, 0.2) is 0 Å². The van der Waals surface area contributed by atoms with E-state index < -0.39 is 0 Å². The summed E-state index contributed by atoms with van der Waals surface area (Å²) < 4.78 is 0. The van der Waals surface area contributed by atoms with Gasteiger partial charge in [0.05, 0.1) is 5.69 Å². The minimum Gasteiger partial charge on any atom is -0.307 e. The van der Waals surface area contributed by atoms with Crippen LogP contribution >= 0.6 is 11.3 Å². The summed E-state index contributed by atoms with van der Waals surface area (Å²) in [5, 5.41) is 4.81. The van der Waals surface area contributed by atoms with E-state index in [0.29, 0.717) is 11.5 Å². The maximum Gasteiger partial charge on any atom is 0.107 e. The van der Waals surface area contributed by atoms with Crippen molar-refractivity contribution in [2.24, 2.45) is 5.41 Å². The molecule has 0 spiro atoms. The SMILES string of the molecule is Cc1nc(CNC(C)C2(C)CC2)sc1C. The van der Waals surface area contributed by atoms with Crippen molar-refractivity contribution in [3.8, 4) is 0 Å². The van der Waals surface area contributed by atoms with Crippen LogP contribution in [0.25, 0.3) is 0 Å². The fraction of sp³-hybridized carbons (Fsp3) is 0.750. The van der Waals surface area contributed by atoms with E-state index in [1.807, 2.05) is 11.3 Å². The number of nitrogens with zero attached hydrogens (tertiary/aromatic N) is 1. The molecule has 1 unspecified atom stereocenters. The normalized spacial score (nSPS) is 20.3. The molecule has 1 aliphatic carbocycles. The Balaban J connectivity index is 1.87. The van der Waals surface area contributed by atoms with Crippen LogP contribution in [0.4, 0.5) is 0 Å². The number of aromatic nitrogens is 1. The van der Waals surface area contributed by atoms with Gasteiger partial charge >= 0.3 is 0 Å². The highest BCUT2D eigenvalue weighted by atomic mass is 32.1. The maximum absolute atomic E-state index is 4.54. The first-order chi connectivity index (χ1) is 7.01. The van der Waals surface area contributed by atoms with Crippen LogP contribution in [0.2, 0.25) is 0 Å². The molecular formula is C12H20N2S. The molecule has 0 amide bonds. The summed E-state index contributed by atoms with van der Waals surface area (Å²) in [7, 11) is 0. The summed E-state index contributed by atoms with van der Waals surface area (Å²) >= 11 is 1.81. The summed E-state index contributed by atoms with van der Waals surface area (Å²) in [5.74, 6) is 0. The largest absolute Gasteiger partial charge is 0.307 e. The van der Waals surface area contributed by atoms with E-state index in [1.54, 1.807) is 0 Å². The van der Waals surface area contributed by atoms with Crippen molar-refractivity contribution in [1.29, 1.82) is 0 Å². The summed E-state index contributed by atoms with van der Waals surface area (Å²) in [6, 6.07) is 0.613. The Hall–Kier alpha value is -0.410. The molecule has 1 fully saturated rings. The van der Waals surface area contributed by atoms with E-state index in [9.17, 15) is 0 Å². The molecule has 0 aromatic carbocycles. The van der Waals surface area contributed by atoms with Crippen LogP contribution < -0.4 is 5.32 Å². The van der Waals surface area contributed by atoms with E-state index in [-0.39, 0.29) is 0 Å². The van der Waals surface area contributed by atoms with Crippen molar-refractivity contribution in [3.63, 3.8) is 0 Å². The van der Waals surface area contributed by atoms with Crippen molar-refractivity contribution < 1.29 is 0 Å². The molecule has 1 atom stereocenters. The van der Waals surface area contributed by atoms with Crippen LogP contribution in [0, 0.1) is 19.3 Å². The van der Waals surface area contributed by atoms with Crippen molar-refractivity contribution >= 4 is 11.3 Å². The van der Waals surface area contributed by atoms with Gasteiger partial charge in [-0.05, 0) is 39.0 Å². The van der Waals surface area contributed by atoms with E-state index in [1.165, 1.54) is 28.4 Å². The monoisotopic (exact) mass is 224 g/mol. The molecule has 3 heteroatoms. The molecule has 1 saturated carbocycles. The Morgan fingerprint density at radius 2 is 2.13 bits per heavy atom. The van der Waals surface area contributed by atoms with Crippen LogP contribution in [-0.2, 0) is 6.54 Å². The number of hydrogen-bond donors (Lipinski definition) is 1. The quantitative estimate of drug-likeness (QED) is 0.850. The zero-order valence-electron chi connectivity index (χ0n) is 10.1. The maximum atomic E-state index is 4.54. The topological polar surface area (TPSA) is 24.9 Å². The van der Waals surface area contributed by atoms with Gasteiger partial charge < -0.3 is 5.32 Å². The van der Waals surface area contributed by atoms with Crippen molar-refractivity contribution in [3.05, 3.63) is 15.6 Å². The Labute approximate surface area is 96.1 Å². The zero-order chi connectivity index (χ0) is 11.1. The lowest BCUT2D eigenvalue weighted by Gasteiger charge is -2.19. The summed E-state index contributed by atoms with van der Waals surface area (Å²) in [4.78, 5) is 5.89. The summed E-state index contributed by atoms with van der Waals surface area (Å²) in [6.07, 6.45) is 2.74. The second-order valence-electron chi connectivity index (χ2n) is 5.01. The lowest BCUT2D eigenvalue weighted by atomic mass is 10.0. The number of thiazole rings is 1. The first kappa shape index (κ1) is 11.1. The second kappa shape index (κ2) is 3.87. The van der Waals surface area contributed by atoms with Gasteiger partial charge in [0.25, 0.3) is 0 Å². The Morgan fingerprint density at radius 1 is 1.47 bits per heavy atom. The third-order valence-electron chi connectivity index (χ3n) is 3.72. The van der Waals surface area contributed by atoms with Crippen molar-refractivity contribution in [2.75, 3.05) is 0 Å². The van der Waals surface area contributed by atoms with Crippen molar-refractivity contribution in [2.45, 2.75) is 53.1 Å². The van der Waals surface area contributed by atoms with E-state index in [4.69, 9.17) is 0 Å². The van der Waals surface area contributed by atoms with Crippen LogP contribution in [0.3, 0.4) is 0 Å². The number of hydrogen-bond acceptors (Lipinski definition) is 3. The third-order valence-corrected chi connectivity index (χ3v) is 4.79. The van der Waals surface area contributed by atoms with Crippen LogP contribution in [0.1, 0.15) is 42.3 Å². The molecule has 2 rings (SSSR count). The molecule has 0 radical (unpaired) electrons. The highest BCUT2D eigenvalue weighted by molar-refractivity contribution is 7.11. The van der Waals surface area contributed by atoms with E-state index >= 15 is 0 Å². The van der Waals surface area contributed by atoms with Crippen LogP contribution in [-0.4, -0.2) is 11.0 Å². The molecular weight excluding hydrogens is 204 g/mol. The fourth-order valence-electron chi connectivity index (χ4n) is 1.73. The van der Waals surface area contributed by atoms with E-state index in [0.717, 1.165) is 6.54 Å². The van der Waals surface area contributed by atoms with Crippen molar-refractivity contribution in [1.82, 2.24) is 10.3 Å². The Bertz CT molecular complexity index is 333. The molecule has 1 N–H and O–H groups in total. The molecule has 1 aromatic heterocycles. The standard InChI is InChI=1S/C12H20N2S/c1-8-9(2)15-11(14-8)7-13-10(3)12(4)5-6-12/h10,13H,5-7H2,1-4H3. The average molecular weight is 224 g/mol. The second-order valence-corrected chi connectivity index (χ2v) is 6.29. The lowest BCUT2D eigenvalue weighted by Crippen LogP contribution is -2.32. The van der Waals surface area contributed by atoms with Gasteiger partial charge in [0.15, 0.2) is 0 Å². The van der Waals surface area contributed by atoms with Crippen LogP contribution in [0.5, 0.6) is 0 Å². The highest BCUT2D eigenvalue weighted by Crippen LogP contribution is 2.47. The van der Waals surface area contributed by atoms with Gasteiger partial charge in [-0.3, -0.25) is 0 Å². The van der Waals surface area contributed by atoms with Gasteiger partial charge in [-0.1, -0.05) is 6.92 Å². The molecule has 1 aliphatic rings. The Kier molecular flexibility index (Phi) is 2.86. The molecule has 1 heterocycles. The molecule has 0 bridgehead atoms. The molecule has 84 valence electrons. The number of aryl methyl sites for hydroxylation is 2. The van der Waals surface area contributed by atoms with Gasteiger partial charge in [0.2, 0.25) is 0 Å². The Morgan fingerprint density at radius 3 is 2.60 bits per heavy atom. The summed E-state index contributed by atoms with van der Waals surface area (Å²) in [5.41, 5.74) is 1.74. The number of nitrogens with one attached hydrogen (secondary N) is 1. The lowest BCUT2D eigenvalue weighted by molar-refractivity contribution is 0.379. The minimum atomic E-state index is 0.557. The predicted octanol–water partition coefficient (Wildman–Crippen LogP) is 3.04. The molecule has 2 nitrogen and oxygen atoms in total. The predicted molar refractivity (Wildman–Crippen MR) is 65.2 cm³/mol. The molecule has 15 heavy (non-hydrogen) atoms. The zero-order valence-corrected chi connectivity index (χ0v) is 10.9. The summed E-state index contributed by atoms with van der Waals surface area (Å²) in [6.45, 7) is 9.81. The van der Waals surface area contributed by atoms with E-state index in [2.05, 4.69) is 38.0 Å². The minimum absolute atomic E-state index is 0.557. The molecule has 0 saturated heterocycles. The molecule has 0 aliphatic heterocycles. The molecule has 1 aromatic rings.